The predicted octanol–water partition coefficient (Wildman–Crippen LogP) is 7.44. The Morgan fingerprint density at radius 1 is 0.353 bits per heavy atom. The SMILES string of the molecule is Cc1c(C)c(F)c2c(c1F)c1c(F)c(C)c(C)c(F)c1c1c(F)c3nc(F)c(F)nc3c(F)c21. The Balaban J connectivity index is 2.35. The molecule has 0 bridgehead atoms. The topological polar surface area (TPSA) is 25.8 Å². The zero-order valence-electron chi connectivity index (χ0n) is 17.9. The van der Waals surface area contributed by atoms with E-state index < -0.39 is 90.1 Å². The number of nitrogens with zero attached hydrogens (tertiary/aromatic N) is 2. The first kappa shape index (κ1) is 22.2. The molecule has 0 spiro atoms. The van der Waals surface area contributed by atoms with Crippen molar-refractivity contribution in [3.8, 4) is 0 Å². The van der Waals surface area contributed by atoms with Crippen LogP contribution >= 0.6 is 0 Å². The van der Waals surface area contributed by atoms with E-state index in [0.717, 1.165) is 0 Å². The van der Waals surface area contributed by atoms with Crippen LogP contribution in [0.25, 0.3) is 43.4 Å². The number of halogens is 8. The molecule has 174 valence electrons. The molecular weight excluding hydrogens is 468 g/mol. The Morgan fingerprint density at radius 2 is 0.559 bits per heavy atom. The highest BCUT2D eigenvalue weighted by molar-refractivity contribution is 6.28. The number of benzene rings is 4. The van der Waals surface area contributed by atoms with Crippen molar-refractivity contribution in [1.29, 1.82) is 0 Å². The van der Waals surface area contributed by atoms with E-state index in [2.05, 4.69) is 9.97 Å². The highest BCUT2D eigenvalue weighted by Crippen LogP contribution is 2.46. The van der Waals surface area contributed by atoms with Crippen molar-refractivity contribution in [1.82, 2.24) is 9.97 Å². The number of hydrogen-bond donors (Lipinski definition) is 0. The zero-order chi connectivity index (χ0) is 25.0. The highest BCUT2D eigenvalue weighted by atomic mass is 19.2. The maximum Gasteiger partial charge on any atom is 0.269 e. The maximum atomic E-state index is 15.7. The van der Waals surface area contributed by atoms with E-state index in [9.17, 15) is 8.78 Å². The van der Waals surface area contributed by atoms with Gasteiger partial charge in [-0.15, -0.1) is 0 Å². The van der Waals surface area contributed by atoms with Crippen molar-refractivity contribution in [2.75, 3.05) is 0 Å². The molecule has 0 aliphatic rings. The van der Waals surface area contributed by atoms with Crippen LogP contribution in [-0.2, 0) is 0 Å². The molecule has 0 aliphatic carbocycles. The van der Waals surface area contributed by atoms with Gasteiger partial charge in [-0.2, -0.15) is 8.78 Å². The van der Waals surface area contributed by atoms with Crippen LogP contribution in [0.5, 0.6) is 0 Å². The normalized spacial score (nSPS) is 12.1. The summed E-state index contributed by atoms with van der Waals surface area (Å²) in [6.07, 6.45) is 0. The maximum absolute atomic E-state index is 15.7. The van der Waals surface area contributed by atoms with E-state index in [0.29, 0.717) is 0 Å². The van der Waals surface area contributed by atoms with Crippen molar-refractivity contribution in [2.45, 2.75) is 27.7 Å². The van der Waals surface area contributed by atoms with Crippen molar-refractivity contribution in [2.24, 2.45) is 0 Å². The molecule has 0 atom stereocenters. The first-order valence-electron chi connectivity index (χ1n) is 9.91. The lowest BCUT2D eigenvalue weighted by molar-refractivity contribution is 0.456. The molecular formula is C24H12F8N2. The quantitative estimate of drug-likeness (QED) is 0.131. The summed E-state index contributed by atoms with van der Waals surface area (Å²) in [5.74, 6) is -11.7. The second-order valence-electron chi connectivity index (χ2n) is 8.14. The molecule has 0 radical (unpaired) electrons. The Labute approximate surface area is 185 Å². The van der Waals surface area contributed by atoms with Gasteiger partial charge in [-0.25, -0.2) is 36.3 Å². The van der Waals surface area contributed by atoms with Crippen LogP contribution in [0, 0.1) is 74.5 Å². The van der Waals surface area contributed by atoms with Crippen LogP contribution in [0.2, 0.25) is 0 Å². The lowest BCUT2D eigenvalue weighted by atomic mass is 9.87. The van der Waals surface area contributed by atoms with E-state index in [1.54, 1.807) is 0 Å². The Morgan fingerprint density at radius 3 is 0.794 bits per heavy atom. The standard InChI is InChI=1S/C24H12F8N2/c1-5-7(3)17(27)11-9(15(5)25)10-12(18(28)8(4)6(2)16(10)26)14-13(11)19(29)21-22(20(14)30)34-24(32)23(31)33-21/h1-4H3. The van der Waals surface area contributed by atoms with E-state index >= 15 is 26.3 Å². The summed E-state index contributed by atoms with van der Waals surface area (Å²) in [4.78, 5) is 6.07. The Kier molecular flexibility index (Phi) is 4.56. The number of aromatic nitrogens is 2. The molecule has 10 heteroatoms. The van der Waals surface area contributed by atoms with Gasteiger partial charge in [0.1, 0.15) is 34.3 Å². The number of fused-ring (bicyclic) bond motifs is 7. The van der Waals surface area contributed by atoms with Gasteiger partial charge in [0.15, 0.2) is 11.6 Å². The molecule has 0 unspecified atom stereocenters. The molecule has 1 aromatic heterocycles. The molecule has 2 nitrogen and oxygen atoms in total. The minimum atomic E-state index is -1.86. The molecule has 34 heavy (non-hydrogen) atoms. The third-order valence-corrected chi connectivity index (χ3v) is 6.49. The fourth-order valence-electron chi connectivity index (χ4n) is 4.41. The lowest BCUT2D eigenvalue weighted by Gasteiger charge is -2.19. The molecule has 1 heterocycles. The van der Waals surface area contributed by atoms with Gasteiger partial charge in [-0.3, -0.25) is 0 Å². The molecule has 0 saturated carbocycles. The van der Waals surface area contributed by atoms with Crippen molar-refractivity contribution in [3.05, 3.63) is 69.1 Å². The monoisotopic (exact) mass is 480 g/mol. The van der Waals surface area contributed by atoms with Crippen molar-refractivity contribution < 1.29 is 35.1 Å². The third kappa shape index (κ3) is 2.51. The molecule has 5 aromatic rings. The molecule has 5 rings (SSSR count). The summed E-state index contributed by atoms with van der Waals surface area (Å²) >= 11 is 0. The summed E-state index contributed by atoms with van der Waals surface area (Å²) in [5.41, 5.74) is -3.31. The van der Waals surface area contributed by atoms with Gasteiger partial charge in [0.2, 0.25) is 0 Å². The van der Waals surface area contributed by atoms with Crippen LogP contribution in [0.4, 0.5) is 35.1 Å². The average molecular weight is 480 g/mol. The van der Waals surface area contributed by atoms with Crippen LogP contribution in [-0.4, -0.2) is 9.97 Å². The Bertz CT molecular complexity index is 1650. The molecule has 0 fully saturated rings. The zero-order valence-corrected chi connectivity index (χ0v) is 17.9. The van der Waals surface area contributed by atoms with E-state index in [4.69, 9.17) is 0 Å². The van der Waals surface area contributed by atoms with Crippen LogP contribution in [0.1, 0.15) is 22.3 Å². The van der Waals surface area contributed by atoms with E-state index in [-0.39, 0.29) is 22.3 Å². The smallest absolute Gasteiger partial charge is 0.211 e. The summed E-state index contributed by atoms with van der Waals surface area (Å²) in [6.45, 7) is 4.73. The first-order valence-corrected chi connectivity index (χ1v) is 9.91. The van der Waals surface area contributed by atoms with Gasteiger partial charge in [-0.1, -0.05) is 0 Å². The van der Waals surface area contributed by atoms with Gasteiger partial charge < -0.3 is 0 Å². The van der Waals surface area contributed by atoms with Gasteiger partial charge >= 0.3 is 0 Å². The van der Waals surface area contributed by atoms with Gasteiger partial charge in [0.25, 0.3) is 11.9 Å². The van der Waals surface area contributed by atoms with Crippen molar-refractivity contribution >= 4 is 43.4 Å². The first-order chi connectivity index (χ1) is 15.9. The van der Waals surface area contributed by atoms with Crippen molar-refractivity contribution in [3.63, 3.8) is 0 Å². The van der Waals surface area contributed by atoms with E-state index in [1.807, 2.05) is 0 Å². The van der Waals surface area contributed by atoms with Crippen LogP contribution < -0.4 is 0 Å². The van der Waals surface area contributed by atoms with Crippen LogP contribution in [0.3, 0.4) is 0 Å². The molecule has 0 amide bonds. The molecule has 0 N–H and O–H groups in total. The van der Waals surface area contributed by atoms with Crippen LogP contribution in [0.15, 0.2) is 0 Å². The summed E-state index contributed by atoms with van der Waals surface area (Å²) in [5, 5.41) is -5.36. The summed E-state index contributed by atoms with van der Waals surface area (Å²) in [6, 6.07) is 0. The fraction of sp³-hybridized carbons (Fsp3) is 0.167. The number of rotatable bonds is 0. The second-order valence-corrected chi connectivity index (χ2v) is 8.14. The minimum absolute atomic E-state index is 0.252. The number of hydrogen-bond acceptors (Lipinski definition) is 2. The van der Waals surface area contributed by atoms with E-state index in [1.165, 1.54) is 27.7 Å². The molecule has 0 saturated heterocycles. The third-order valence-electron chi connectivity index (χ3n) is 6.49. The lowest BCUT2D eigenvalue weighted by Crippen LogP contribution is -2.06. The predicted molar refractivity (Wildman–Crippen MR) is 111 cm³/mol. The largest absolute Gasteiger partial charge is 0.269 e. The second kappa shape index (κ2) is 6.97. The Hall–Kier alpha value is -3.56. The summed E-state index contributed by atoms with van der Waals surface area (Å²) in [7, 11) is 0. The molecule has 0 aliphatic heterocycles. The highest BCUT2D eigenvalue weighted by Gasteiger charge is 2.31. The molecule has 4 aromatic carbocycles. The van der Waals surface area contributed by atoms with Gasteiger partial charge in [0, 0.05) is 32.3 Å². The van der Waals surface area contributed by atoms with Gasteiger partial charge in [-0.05, 0) is 49.9 Å². The minimum Gasteiger partial charge on any atom is -0.211 e. The average Bonchev–Trinajstić information content (AvgIpc) is 2.81. The fourth-order valence-corrected chi connectivity index (χ4v) is 4.41. The van der Waals surface area contributed by atoms with Gasteiger partial charge in [0.05, 0.1) is 0 Å². The summed E-state index contributed by atoms with van der Waals surface area (Å²) < 4.78 is 121.